The van der Waals surface area contributed by atoms with Crippen molar-refractivity contribution in [3.63, 3.8) is 0 Å². The van der Waals surface area contributed by atoms with Crippen molar-refractivity contribution in [1.82, 2.24) is 5.32 Å². The first-order valence-electron chi connectivity index (χ1n) is 8.69. The van der Waals surface area contributed by atoms with Gasteiger partial charge in [-0.15, -0.1) is 0 Å². The summed E-state index contributed by atoms with van der Waals surface area (Å²) >= 11 is 0. The van der Waals surface area contributed by atoms with Gasteiger partial charge in [0.15, 0.2) is 10.7 Å². The van der Waals surface area contributed by atoms with E-state index in [4.69, 9.17) is 4.74 Å². The lowest BCUT2D eigenvalue weighted by Crippen LogP contribution is -2.23. The molecule has 0 bridgehead atoms. The standard InChI is InChI=1S/C22H17NO5S/c24-21(28-15-16-6-2-1-3-7-16)10-5-13-23-22(25)18-11-12-19-17(14-18)8-4-9-20(19)29(26)27/h1-4,6-9,11-12,14,29H,13,15H2,(H,23,25). The predicted octanol–water partition coefficient (Wildman–Crippen LogP) is 2.29. The summed E-state index contributed by atoms with van der Waals surface area (Å²) in [6.07, 6.45) is 0. The van der Waals surface area contributed by atoms with Crippen LogP contribution in [0.15, 0.2) is 71.6 Å². The maximum atomic E-state index is 12.2. The first-order valence-corrected chi connectivity index (χ1v) is 9.87. The Kier molecular flexibility index (Phi) is 6.61. The molecule has 0 saturated carbocycles. The monoisotopic (exact) mass is 407 g/mol. The largest absolute Gasteiger partial charge is 0.451 e. The van der Waals surface area contributed by atoms with E-state index in [2.05, 4.69) is 17.2 Å². The van der Waals surface area contributed by atoms with Crippen LogP contribution in [0.25, 0.3) is 10.8 Å². The zero-order valence-electron chi connectivity index (χ0n) is 15.3. The van der Waals surface area contributed by atoms with E-state index < -0.39 is 16.7 Å². The molecule has 3 aromatic rings. The molecule has 7 heteroatoms. The number of fused-ring (bicyclic) bond motifs is 1. The van der Waals surface area contributed by atoms with Crippen molar-refractivity contribution in [2.24, 2.45) is 0 Å². The van der Waals surface area contributed by atoms with Gasteiger partial charge in [0.2, 0.25) is 0 Å². The van der Waals surface area contributed by atoms with Gasteiger partial charge in [-0.2, -0.15) is 0 Å². The van der Waals surface area contributed by atoms with Crippen molar-refractivity contribution in [2.45, 2.75) is 11.5 Å². The van der Waals surface area contributed by atoms with E-state index in [-0.39, 0.29) is 24.0 Å². The van der Waals surface area contributed by atoms with E-state index in [1.807, 2.05) is 30.3 Å². The number of hydrogen-bond acceptors (Lipinski definition) is 5. The summed E-state index contributed by atoms with van der Waals surface area (Å²) in [5.41, 5.74) is 1.22. The number of carbonyl (C=O) groups excluding carboxylic acids is 2. The van der Waals surface area contributed by atoms with E-state index in [9.17, 15) is 18.0 Å². The summed E-state index contributed by atoms with van der Waals surface area (Å²) in [6, 6.07) is 18.8. The average molecular weight is 407 g/mol. The van der Waals surface area contributed by atoms with Gasteiger partial charge in [-0.25, -0.2) is 13.2 Å². The first kappa shape index (κ1) is 20.1. The minimum atomic E-state index is -2.72. The van der Waals surface area contributed by atoms with E-state index in [0.717, 1.165) is 5.56 Å². The maximum absolute atomic E-state index is 12.2. The Balaban J connectivity index is 1.56. The molecule has 3 aromatic carbocycles. The minimum absolute atomic E-state index is 0.0240. The van der Waals surface area contributed by atoms with Gasteiger partial charge in [0.1, 0.15) is 6.61 Å². The van der Waals surface area contributed by atoms with Crippen LogP contribution in [0.1, 0.15) is 15.9 Å². The van der Waals surface area contributed by atoms with Crippen molar-refractivity contribution >= 4 is 33.4 Å². The third kappa shape index (κ3) is 5.43. The molecule has 6 nitrogen and oxygen atoms in total. The Morgan fingerprint density at radius 1 is 0.966 bits per heavy atom. The lowest BCUT2D eigenvalue weighted by atomic mass is 10.1. The van der Waals surface area contributed by atoms with Gasteiger partial charge in [0, 0.05) is 16.9 Å². The van der Waals surface area contributed by atoms with Crippen LogP contribution in [0.4, 0.5) is 0 Å². The molecule has 0 radical (unpaired) electrons. The Morgan fingerprint density at radius 2 is 1.76 bits per heavy atom. The second-order valence-corrected chi connectivity index (χ2v) is 7.01. The smallest absolute Gasteiger partial charge is 0.384 e. The van der Waals surface area contributed by atoms with E-state index in [1.54, 1.807) is 30.3 Å². The fourth-order valence-corrected chi connectivity index (χ4v) is 3.28. The van der Waals surface area contributed by atoms with Crippen LogP contribution in [0, 0.1) is 11.8 Å². The molecule has 0 unspecified atom stereocenters. The maximum Gasteiger partial charge on any atom is 0.384 e. The van der Waals surface area contributed by atoms with Gasteiger partial charge in [0.05, 0.1) is 11.4 Å². The fourth-order valence-electron chi connectivity index (χ4n) is 2.67. The summed E-state index contributed by atoms with van der Waals surface area (Å²) < 4.78 is 27.6. The highest BCUT2D eigenvalue weighted by molar-refractivity contribution is 7.72. The van der Waals surface area contributed by atoms with Crippen molar-refractivity contribution in [2.75, 3.05) is 6.54 Å². The van der Waals surface area contributed by atoms with Crippen LogP contribution < -0.4 is 5.32 Å². The summed E-state index contributed by atoms with van der Waals surface area (Å²) in [6.45, 7) is 0.110. The van der Waals surface area contributed by atoms with Gasteiger partial charge < -0.3 is 10.1 Å². The van der Waals surface area contributed by atoms with E-state index >= 15 is 0 Å². The molecule has 29 heavy (non-hydrogen) atoms. The zero-order valence-corrected chi connectivity index (χ0v) is 16.1. The first-order chi connectivity index (χ1) is 14.0. The van der Waals surface area contributed by atoms with Crippen LogP contribution in [-0.4, -0.2) is 26.8 Å². The molecule has 0 heterocycles. The highest BCUT2D eigenvalue weighted by Crippen LogP contribution is 2.21. The van der Waals surface area contributed by atoms with Crippen molar-refractivity contribution in [3.05, 3.63) is 77.9 Å². The number of ether oxygens (including phenoxy) is 1. The molecular weight excluding hydrogens is 390 g/mol. The number of thiol groups is 1. The van der Waals surface area contributed by atoms with Gasteiger partial charge in [-0.1, -0.05) is 54.5 Å². The van der Waals surface area contributed by atoms with Gasteiger partial charge in [-0.3, -0.25) is 4.79 Å². The Morgan fingerprint density at radius 3 is 2.52 bits per heavy atom. The molecule has 0 fully saturated rings. The third-order valence-electron chi connectivity index (χ3n) is 4.06. The number of rotatable bonds is 5. The number of esters is 1. The van der Waals surface area contributed by atoms with Crippen molar-refractivity contribution in [1.29, 1.82) is 0 Å². The molecule has 0 spiro atoms. The zero-order chi connectivity index (χ0) is 20.6. The van der Waals surface area contributed by atoms with Crippen LogP contribution in [0.2, 0.25) is 0 Å². The Bertz CT molecular complexity index is 1180. The van der Waals surface area contributed by atoms with Gasteiger partial charge >= 0.3 is 5.97 Å². The van der Waals surface area contributed by atoms with Gasteiger partial charge in [-0.05, 0) is 29.1 Å². The summed E-state index contributed by atoms with van der Waals surface area (Å²) in [7, 11) is -2.72. The van der Waals surface area contributed by atoms with Crippen LogP contribution in [0.3, 0.4) is 0 Å². The molecule has 146 valence electrons. The fraction of sp³-hybridized carbons (Fsp3) is 0.0909. The molecule has 3 rings (SSSR count). The van der Waals surface area contributed by atoms with E-state index in [1.165, 1.54) is 6.07 Å². The highest BCUT2D eigenvalue weighted by Gasteiger charge is 2.08. The molecule has 0 aliphatic rings. The van der Waals surface area contributed by atoms with Crippen LogP contribution in [-0.2, 0) is 26.8 Å². The molecule has 0 aliphatic carbocycles. The summed E-state index contributed by atoms with van der Waals surface area (Å²) in [4.78, 5) is 24.1. The second-order valence-electron chi connectivity index (χ2n) is 6.02. The Labute approximate surface area is 169 Å². The highest BCUT2D eigenvalue weighted by atomic mass is 32.2. The normalized spacial score (nSPS) is 10.2. The molecule has 1 amide bonds. The third-order valence-corrected chi connectivity index (χ3v) is 4.84. The summed E-state index contributed by atoms with van der Waals surface area (Å²) in [5.74, 6) is 3.81. The van der Waals surface area contributed by atoms with E-state index in [0.29, 0.717) is 16.3 Å². The number of benzene rings is 3. The molecule has 0 saturated heterocycles. The van der Waals surface area contributed by atoms with Crippen molar-refractivity contribution < 1.29 is 22.7 Å². The molecule has 0 aromatic heterocycles. The predicted molar refractivity (Wildman–Crippen MR) is 109 cm³/mol. The lowest BCUT2D eigenvalue weighted by Gasteiger charge is -2.05. The second kappa shape index (κ2) is 9.53. The Hall–Kier alpha value is -3.63. The SMILES string of the molecule is O=C(C#CCNC(=O)c1ccc2c([SH](=O)=O)cccc2c1)OCc1ccccc1. The van der Waals surface area contributed by atoms with Gasteiger partial charge in [0.25, 0.3) is 5.91 Å². The lowest BCUT2D eigenvalue weighted by molar-refractivity contribution is -0.137. The number of carbonyl (C=O) groups is 2. The number of hydrogen-bond donors (Lipinski definition) is 2. The van der Waals surface area contributed by atoms with Crippen LogP contribution >= 0.6 is 0 Å². The number of nitrogens with one attached hydrogen (secondary N) is 1. The van der Waals surface area contributed by atoms with Crippen LogP contribution in [0.5, 0.6) is 0 Å². The molecule has 0 aliphatic heterocycles. The quantitative estimate of drug-likeness (QED) is 0.293. The molecule has 0 atom stereocenters. The minimum Gasteiger partial charge on any atom is -0.451 e. The average Bonchev–Trinajstić information content (AvgIpc) is 2.75. The molecular formula is C22H17NO5S. The number of amides is 1. The van der Waals surface area contributed by atoms with Crippen molar-refractivity contribution in [3.8, 4) is 11.8 Å². The topological polar surface area (TPSA) is 89.5 Å². The summed E-state index contributed by atoms with van der Waals surface area (Å²) in [5, 5.41) is 3.79. The molecule has 1 N–H and O–H groups in total.